The van der Waals surface area contributed by atoms with Crippen LogP contribution in [0.1, 0.15) is 12.3 Å². The Morgan fingerprint density at radius 2 is 2.17 bits per heavy atom. The molecule has 2 N–H and O–H groups in total. The van der Waals surface area contributed by atoms with E-state index in [1.165, 1.54) is 0 Å². The number of fused-ring (bicyclic) bond motifs is 1. The van der Waals surface area contributed by atoms with Crippen LogP contribution in [0.3, 0.4) is 0 Å². The number of nitrogens with two attached hydrogens (primary N) is 1. The van der Waals surface area contributed by atoms with Crippen molar-refractivity contribution in [2.24, 2.45) is 5.73 Å². The Labute approximate surface area is 104 Å². The minimum atomic E-state index is 0.249. The zero-order chi connectivity index (χ0) is 12.4. The molecule has 0 radical (unpaired) electrons. The maximum absolute atomic E-state index is 5.68. The average Bonchev–Trinajstić information content (AvgIpc) is 2.78. The Hall–Kier alpha value is -2.08. The molecule has 0 saturated carbocycles. The van der Waals surface area contributed by atoms with Crippen molar-refractivity contribution in [1.29, 1.82) is 0 Å². The van der Waals surface area contributed by atoms with E-state index in [0.717, 1.165) is 24.4 Å². The number of benzene rings is 1. The van der Waals surface area contributed by atoms with Crippen molar-refractivity contribution in [3.63, 3.8) is 0 Å². The lowest BCUT2D eigenvalue weighted by Crippen LogP contribution is -2.17. The van der Waals surface area contributed by atoms with Crippen LogP contribution in [0.15, 0.2) is 28.7 Å². The number of ether oxygens (including phenoxy) is 1. The highest BCUT2D eigenvalue weighted by atomic mass is 16.5. The summed E-state index contributed by atoms with van der Waals surface area (Å²) in [7, 11) is 0. The van der Waals surface area contributed by atoms with E-state index in [4.69, 9.17) is 14.9 Å². The Morgan fingerprint density at radius 3 is 3.00 bits per heavy atom. The van der Waals surface area contributed by atoms with Gasteiger partial charge >= 0.3 is 6.01 Å². The molecule has 0 spiro atoms. The van der Waals surface area contributed by atoms with E-state index in [1.54, 1.807) is 0 Å². The van der Waals surface area contributed by atoms with Gasteiger partial charge in [-0.25, -0.2) is 0 Å². The molecule has 2 heterocycles. The Bertz CT molecular complexity index is 540. The number of rotatable bonds is 2. The van der Waals surface area contributed by atoms with Crippen LogP contribution in [0.5, 0.6) is 5.75 Å². The summed E-state index contributed by atoms with van der Waals surface area (Å²) in [5.74, 6) is 1.27. The van der Waals surface area contributed by atoms with Gasteiger partial charge in [0.25, 0.3) is 0 Å². The molecule has 0 bridgehead atoms. The highest BCUT2D eigenvalue weighted by molar-refractivity contribution is 5.64. The highest BCUT2D eigenvalue weighted by Crippen LogP contribution is 2.34. The van der Waals surface area contributed by atoms with E-state index in [2.05, 4.69) is 10.2 Å². The third-order valence-corrected chi connectivity index (χ3v) is 2.80. The normalized spacial score (nSPS) is 14.8. The molecule has 3 rings (SSSR count). The second kappa shape index (κ2) is 4.66. The van der Waals surface area contributed by atoms with E-state index >= 15 is 0 Å². The van der Waals surface area contributed by atoms with Gasteiger partial charge in [-0.15, -0.1) is 5.10 Å². The summed E-state index contributed by atoms with van der Waals surface area (Å²) in [6.45, 7) is 1.72. The molecule has 0 atom stereocenters. The van der Waals surface area contributed by atoms with Crippen molar-refractivity contribution in [1.82, 2.24) is 10.2 Å². The van der Waals surface area contributed by atoms with Gasteiger partial charge in [0.1, 0.15) is 5.75 Å². The zero-order valence-electron chi connectivity index (χ0n) is 9.87. The van der Waals surface area contributed by atoms with Crippen LogP contribution in [0, 0.1) is 0 Å². The maximum Gasteiger partial charge on any atom is 0.322 e. The largest absolute Gasteiger partial charge is 0.491 e. The first-order valence-electron chi connectivity index (χ1n) is 5.90. The van der Waals surface area contributed by atoms with Crippen LogP contribution in [-0.4, -0.2) is 23.3 Å². The van der Waals surface area contributed by atoms with E-state index in [9.17, 15) is 0 Å². The summed E-state index contributed by atoms with van der Waals surface area (Å²) < 4.78 is 11.2. The lowest BCUT2D eigenvalue weighted by molar-refractivity contribution is 0.322. The van der Waals surface area contributed by atoms with Crippen molar-refractivity contribution in [3.05, 3.63) is 30.2 Å². The third kappa shape index (κ3) is 1.91. The zero-order valence-corrected chi connectivity index (χ0v) is 9.87. The second-order valence-electron chi connectivity index (χ2n) is 4.00. The van der Waals surface area contributed by atoms with Gasteiger partial charge < -0.3 is 14.9 Å². The van der Waals surface area contributed by atoms with E-state index in [-0.39, 0.29) is 6.54 Å². The molecule has 1 aliphatic heterocycles. The van der Waals surface area contributed by atoms with Crippen LogP contribution >= 0.6 is 0 Å². The van der Waals surface area contributed by atoms with Gasteiger partial charge in [-0.05, 0) is 18.6 Å². The molecule has 0 amide bonds. The number of aromatic nitrogens is 2. The predicted molar refractivity (Wildman–Crippen MR) is 65.7 cm³/mol. The maximum atomic E-state index is 5.68. The van der Waals surface area contributed by atoms with Crippen molar-refractivity contribution in [2.45, 2.75) is 13.0 Å². The minimum Gasteiger partial charge on any atom is -0.491 e. The number of nitrogens with zero attached hydrogens (tertiary/aromatic N) is 3. The molecule has 1 aromatic heterocycles. The summed E-state index contributed by atoms with van der Waals surface area (Å²) in [4.78, 5) is 1.97. The lowest BCUT2D eigenvalue weighted by Gasteiger charge is -2.18. The Morgan fingerprint density at radius 1 is 1.28 bits per heavy atom. The molecular formula is C12H14N4O2. The fourth-order valence-corrected chi connectivity index (χ4v) is 1.96. The van der Waals surface area contributed by atoms with Gasteiger partial charge in [-0.2, -0.15) is 0 Å². The summed E-state index contributed by atoms with van der Waals surface area (Å²) >= 11 is 0. The number of anilines is 2. The molecular weight excluding hydrogens is 232 g/mol. The van der Waals surface area contributed by atoms with Crippen LogP contribution in [0.4, 0.5) is 11.7 Å². The molecule has 0 aliphatic carbocycles. The first kappa shape index (κ1) is 11.0. The molecule has 0 unspecified atom stereocenters. The van der Waals surface area contributed by atoms with Crippen molar-refractivity contribution >= 4 is 11.7 Å². The second-order valence-corrected chi connectivity index (χ2v) is 4.00. The Balaban J connectivity index is 2.00. The first-order valence-corrected chi connectivity index (χ1v) is 5.90. The molecule has 6 nitrogen and oxygen atoms in total. The van der Waals surface area contributed by atoms with Crippen molar-refractivity contribution in [2.75, 3.05) is 18.1 Å². The molecule has 18 heavy (non-hydrogen) atoms. The molecule has 2 aromatic rings. The van der Waals surface area contributed by atoms with Crippen LogP contribution < -0.4 is 15.4 Å². The fraction of sp³-hybridized carbons (Fsp3) is 0.333. The van der Waals surface area contributed by atoms with E-state index in [0.29, 0.717) is 18.5 Å². The molecule has 1 aliphatic rings. The topological polar surface area (TPSA) is 77.4 Å². The highest BCUT2D eigenvalue weighted by Gasteiger charge is 2.21. The summed E-state index contributed by atoms with van der Waals surface area (Å²) in [5, 5.41) is 7.91. The third-order valence-electron chi connectivity index (χ3n) is 2.80. The van der Waals surface area contributed by atoms with Gasteiger partial charge in [-0.3, -0.25) is 4.90 Å². The van der Waals surface area contributed by atoms with Crippen molar-refractivity contribution < 1.29 is 9.15 Å². The van der Waals surface area contributed by atoms with E-state index in [1.807, 2.05) is 29.2 Å². The number of hydrogen-bond acceptors (Lipinski definition) is 6. The van der Waals surface area contributed by atoms with Crippen LogP contribution in [0.25, 0.3) is 0 Å². The monoisotopic (exact) mass is 246 g/mol. The van der Waals surface area contributed by atoms with Crippen LogP contribution in [-0.2, 0) is 6.54 Å². The van der Waals surface area contributed by atoms with E-state index < -0.39 is 0 Å². The predicted octanol–water partition coefficient (Wildman–Crippen LogP) is 1.45. The Kier molecular flexibility index (Phi) is 2.85. The molecule has 0 saturated heterocycles. The minimum absolute atomic E-state index is 0.249. The molecule has 6 heteroatoms. The van der Waals surface area contributed by atoms with Crippen molar-refractivity contribution in [3.8, 4) is 5.75 Å². The SMILES string of the molecule is NCc1nnc(N2CCCOc3ccccc32)o1. The summed E-state index contributed by atoms with van der Waals surface area (Å²) in [6.07, 6.45) is 0.898. The molecule has 1 aromatic carbocycles. The quantitative estimate of drug-likeness (QED) is 0.864. The smallest absolute Gasteiger partial charge is 0.322 e. The van der Waals surface area contributed by atoms with Crippen LogP contribution in [0.2, 0.25) is 0 Å². The van der Waals surface area contributed by atoms with Gasteiger partial charge in [0, 0.05) is 6.54 Å². The summed E-state index contributed by atoms with van der Waals surface area (Å²) in [6, 6.07) is 8.29. The fourth-order valence-electron chi connectivity index (χ4n) is 1.96. The van der Waals surface area contributed by atoms with Gasteiger partial charge in [-0.1, -0.05) is 17.2 Å². The lowest BCUT2D eigenvalue weighted by atomic mass is 10.2. The number of para-hydroxylation sites is 2. The van der Waals surface area contributed by atoms with Gasteiger partial charge in [0.2, 0.25) is 5.89 Å². The summed E-state index contributed by atoms with van der Waals surface area (Å²) in [5.41, 5.74) is 6.43. The van der Waals surface area contributed by atoms with Gasteiger partial charge in [0.05, 0.1) is 18.8 Å². The molecule has 0 fully saturated rings. The molecule has 94 valence electrons. The average molecular weight is 246 g/mol. The first-order chi connectivity index (χ1) is 8.88. The van der Waals surface area contributed by atoms with Gasteiger partial charge in [0.15, 0.2) is 0 Å². The number of hydrogen-bond donors (Lipinski definition) is 1. The standard InChI is InChI=1S/C12H14N4O2/c13-8-11-14-15-12(18-11)16-6-3-7-17-10-5-2-1-4-9(10)16/h1-2,4-5H,3,6-8,13H2.